The first-order valence-electron chi connectivity index (χ1n) is 10.3. The lowest BCUT2D eigenvalue weighted by molar-refractivity contribution is -0.161. The average Bonchev–Trinajstić information content (AvgIpc) is 2.52. The van der Waals surface area contributed by atoms with E-state index < -0.39 is 0 Å². The molecule has 4 nitrogen and oxygen atoms in total. The number of hydrogen-bond donors (Lipinski definition) is 0. The van der Waals surface area contributed by atoms with Crippen LogP contribution in [0.4, 0.5) is 0 Å². The number of nitriles is 1. The SMILES string of the molecule is C[C@H]1CC(C(=O)N(CCC#N)C23CC4CC(CC(C4)C2)C3)C[C@H](C)O1. The molecule has 4 saturated carbocycles. The smallest absolute Gasteiger partial charge is 0.226 e. The molecular weight excluding hydrogens is 312 g/mol. The molecule has 1 aliphatic heterocycles. The summed E-state index contributed by atoms with van der Waals surface area (Å²) in [6.07, 6.45) is 10.1. The molecule has 1 heterocycles. The predicted octanol–water partition coefficient (Wildman–Crippen LogP) is 3.90. The Labute approximate surface area is 151 Å². The molecule has 4 aliphatic carbocycles. The maximum absolute atomic E-state index is 13.6. The van der Waals surface area contributed by atoms with Crippen molar-refractivity contribution in [3.63, 3.8) is 0 Å². The van der Waals surface area contributed by atoms with Crippen LogP contribution in [0.3, 0.4) is 0 Å². The van der Waals surface area contributed by atoms with Crippen LogP contribution >= 0.6 is 0 Å². The van der Waals surface area contributed by atoms with Crippen molar-refractivity contribution in [1.29, 1.82) is 5.26 Å². The highest BCUT2D eigenvalue weighted by atomic mass is 16.5. The van der Waals surface area contributed by atoms with Gasteiger partial charge in [0.05, 0.1) is 24.7 Å². The average molecular weight is 344 g/mol. The van der Waals surface area contributed by atoms with Crippen molar-refractivity contribution < 1.29 is 9.53 Å². The van der Waals surface area contributed by atoms with Crippen LogP contribution in [-0.4, -0.2) is 35.1 Å². The molecule has 0 unspecified atom stereocenters. The highest BCUT2D eigenvalue weighted by Crippen LogP contribution is 2.58. The fourth-order valence-corrected chi connectivity index (χ4v) is 6.97. The first-order chi connectivity index (χ1) is 12.0. The minimum absolute atomic E-state index is 0.0630. The normalized spacial score (nSPS) is 45.2. The molecule has 4 bridgehead atoms. The molecule has 0 radical (unpaired) electrons. The molecule has 1 saturated heterocycles. The summed E-state index contributed by atoms with van der Waals surface area (Å²) in [5, 5.41) is 9.17. The largest absolute Gasteiger partial charge is 0.376 e. The Balaban J connectivity index is 1.58. The summed E-state index contributed by atoms with van der Waals surface area (Å²) in [4.78, 5) is 15.8. The van der Waals surface area contributed by atoms with Crippen molar-refractivity contribution in [2.24, 2.45) is 23.7 Å². The number of nitrogens with zero attached hydrogens (tertiary/aromatic N) is 2. The van der Waals surface area contributed by atoms with E-state index in [2.05, 4.69) is 24.8 Å². The molecule has 4 heteroatoms. The zero-order valence-electron chi connectivity index (χ0n) is 15.7. The second-order valence-electron chi connectivity index (χ2n) is 9.47. The van der Waals surface area contributed by atoms with E-state index in [0.29, 0.717) is 18.9 Å². The van der Waals surface area contributed by atoms with Crippen LogP contribution in [0.5, 0.6) is 0 Å². The van der Waals surface area contributed by atoms with Crippen molar-refractivity contribution in [3.05, 3.63) is 0 Å². The topological polar surface area (TPSA) is 53.3 Å². The number of ether oxygens (including phenoxy) is 1. The standard InChI is InChI=1S/C21H32N2O2/c1-14-6-19(7-15(2)25-14)20(24)23(5-3-4-22)21-11-16-8-17(12-21)10-18(9-16)13-21/h14-19H,3,5-13H2,1-2H3/t14-,15-,16?,17?,18?,21?/m0/s1. The molecule has 0 aromatic rings. The fourth-order valence-electron chi connectivity index (χ4n) is 6.97. The Bertz CT molecular complexity index is 521. The second kappa shape index (κ2) is 6.58. The quantitative estimate of drug-likeness (QED) is 0.777. The molecular formula is C21H32N2O2. The molecule has 5 rings (SSSR count). The lowest BCUT2D eigenvalue weighted by Gasteiger charge is -2.61. The van der Waals surface area contributed by atoms with Gasteiger partial charge in [-0.05, 0) is 83.0 Å². The van der Waals surface area contributed by atoms with Gasteiger partial charge in [0, 0.05) is 18.0 Å². The third kappa shape index (κ3) is 3.21. The number of carbonyl (C=O) groups excluding carboxylic acids is 1. The van der Waals surface area contributed by atoms with Gasteiger partial charge in [0.15, 0.2) is 0 Å². The summed E-state index contributed by atoms with van der Waals surface area (Å²) in [7, 11) is 0. The number of amides is 1. The van der Waals surface area contributed by atoms with E-state index in [1.54, 1.807) is 0 Å². The van der Waals surface area contributed by atoms with Gasteiger partial charge in [-0.2, -0.15) is 5.26 Å². The maximum atomic E-state index is 13.6. The molecule has 1 amide bonds. The van der Waals surface area contributed by atoms with E-state index in [0.717, 1.165) is 30.6 Å². The molecule has 5 aliphatic rings. The minimum Gasteiger partial charge on any atom is -0.376 e. The van der Waals surface area contributed by atoms with Crippen LogP contribution in [0.2, 0.25) is 0 Å². The Morgan fingerprint density at radius 3 is 2.04 bits per heavy atom. The summed E-state index contributed by atoms with van der Waals surface area (Å²) >= 11 is 0. The van der Waals surface area contributed by atoms with Gasteiger partial charge in [-0.15, -0.1) is 0 Å². The van der Waals surface area contributed by atoms with Gasteiger partial charge < -0.3 is 9.64 Å². The molecule has 0 aromatic heterocycles. The van der Waals surface area contributed by atoms with E-state index in [9.17, 15) is 4.79 Å². The van der Waals surface area contributed by atoms with Crippen molar-refractivity contribution >= 4 is 5.91 Å². The van der Waals surface area contributed by atoms with Crippen molar-refractivity contribution in [2.45, 2.75) is 89.4 Å². The summed E-state index contributed by atoms with van der Waals surface area (Å²) in [6.45, 7) is 4.79. The van der Waals surface area contributed by atoms with Gasteiger partial charge in [0.2, 0.25) is 5.91 Å². The first kappa shape index (κ1) is 17.3. The van der Waals surface area contributed by atoms with E-state index in [-0.39, 0.29) is 23.7 Å². The van der Waals surface area contributed by atoms with Crippen LogP contribution in [0.25, 0.3) is 0 Å². The van der Waals surface area contributed by atoms with Gasteiger partial charge >= 0.3 is 0 Å². The summed E-state index contributed by atoms with van der Waals surface area (Å²) in [6, 6.07) is 2.29. The van der Waals surface area contributed by atoms with Crippen LogP contribution < -0.4 is 0 Å². The van der Waals surface area contributed by atoms with Crippen molar-refractivity contribution in [3.8, 4) is 6.07 Å². The zero-order valence-corrected chi connectivity index (χ0v) is 15.7. The van der Waals surface area contributed by atoms with E-state index in [1.807, 2.05) is 0 Å². The molecule has 0 aromatic carbocycles. The summed E-state index contributed by atoms with van der Waals surface area (Å²) < 4.78 is 5.85. The minimum atomic E-state index is 0.0630. The first-order valence-corrected chi connectivity index (χ1v) is 10.3. The monoisotopic (exact) mass is 344 g/mol. The zero-order chi connectivity index (χ0) is 17.6. The molecule has 5 fully saturated rings. The lowest BCUT2D eigenvalue weighted by atomic mass is 9.52. The summed E-state index contributed by atoms with van der Waals surface area (Å²) in [5.74, 6) is 2.84. The van der Waals surface area contributed by atoms with Gasteiger partial charge in [-0.1, -0.05) is 0 Å². The number of hydrogen-bond acceptors (Lipinski definition) is 3. The Kier molecular flexibility index (Phi) is 4.56. The van der Waals surface area contributed by atoms with Crippen LogP contribution in [0.15, 0.2) is 0 Å². The molecule has 2 atom stereocenters. The molecule has 138 valence electrons. The molecule has 0 N–H and O–H groups in total. The Morgan fingerprint density at radius 2 is 1.56 bits per heavy atom. The van der Waals surface area contributed by atoms with Crippen LogP contribution in [0, 0.1) is 35.0 Å². The van der Waals surface area contributed by atoms with E-state index in [4.69, 9.17) is 10.00 Å². The Morgan fingerprint density at radius 1 is 1.04 bits per heavy atom. The highest BCUT2D eigenvalue weighted by molar-refractivity contribution is 5.80. The van der Waals surface area contributed by atoms with Gasteiger partial charge in [0.1, 0.15) is 0 Å². The van der Waals surface area contributed by atoms with Crippen molar-refractivity contribution in [1.82, 2.24) is 4.90 Å². The summed E-state index contributed by atoms with van der Waals surface area (Å²) in [5.41, 5.74) is 0.0630. The van der Waals surface area contributed by atoms with Crippen LogP contribution in [-0.2, 0) is 9.53 Å². The fraction of sp³-hybridized carbons (Fsp3) is 0.905. The Hall–Kier alpha value is -1.08. The second-order valence-corrected chi connectivity index (χ2v) is 9.47. The maximum Gasteiger partial charge on any atom is 0.226 e. The van der Waals surface area contributed by atoms with Gasteiger partial charge in [0.25, 0.3) is 0 Å². The van der Waals surface area contributed by atoms with E-state index in [1.165, 1.54) is 38.5 Å². The highest BCUT2D eigenvalue weighted by Gasteiger charge is 2.55. The van der Waals surface area contributed by atoms with Crippen LogP contribution in [0.1, 0.15) is 71.6 Å². The third-order valence-electron chi connectivity index (χ3n) is 7.34. The lowest BCUT2D eigenvalue weighted by Crippen LogP contribution is -2.63. The molecule has 25 heavy (non-hydrogen) atoms. The van der Waals surface area contributed by atoms with E-state index >= 15 is 0 Å². The molecule has 0 spiro atoms. The number of carbonyl (C=O) groups is 1. The third-order valence-corrected chi connectivity index (χ3v) is 7.34. The number of rotatable bonds is 4. The van der Waals surface area contributed by atoms with Gasteiger partial charge in [-0.3, -0.25) is 4.79 Å². The predicted molar refractivity (Wildman–Crippen MR) is 95.6 cm³/mol. The van der Waals surface area contributed by atoms with Crippen molar-refractivity contribution in [2.75, 3.05) is 6.54 Å². The van der Waals surface area contributed by atoms with Gasteiger partial charge in [-0.25, -0.2) is 0 Å².